The molecule has 0 aliphatic carbocycles. The predicted molar refractivity (Wildman–Crippen MR) is 73.4 cm³/mol. The Kier molecular flexibility index (Phi) is 4.26. The quantitative estimate of drug-likeness (QED) is 0.763. The van der Waals surface area contributed by atoms with Crippen LogP contribution in [-0.2, 0) is 6.54 Å². The molecule has 0 radical (unpaired) electrons. The first-order chi connectivity index (χ1) is 9.10. The van der Waals surface area contributed by atoms with Crippen LogP contribution in [0.3, 0.4) is 0 Å². The fourth-order valence-corrected chi connectivity index (χ4v) is 2.27. The molecule has 0 N–H and O–H groups in total. The van der Waals surface area contributed by atoms with E-state index in [1.165, 1.54) is 16.3 Å². The molecule has 0 spiro atoms. The van der Waals surface area contributed by atoms with Gasteiger partial charge < -0.3 is 5.11 Å². The largest absolute Gasteiger partial charge is 0.858 e. The number of rotatable bonds is 5. The zero-order valence-corrected chi connectivity index (χ0v) is 12.5. The molecule has 2 rings (SSSR count). The molecule has 0 amide bonds. The van der Waals surface area contributed by atoms with E-state index in [2.05, 4.69) is 33.8 Å². The van der Waals surface area contributed by atoms with Crippen LogP contribution in [0.1, 0.15) is 25.1 Å². The molecule has 7 heteroatoms. The summed E-state index contributed by atoms with van der Waals surface area (Å²) >= 11 is 1.41. The third kappa shape index (κ3) is 2.66. The predicted octanol–water partition coefficient (Wildman–Crippen LogP) is 1.07. The molecule has 2 aromatic rings. The number of hydrogen-bond donors (Lipinski definition) is 0. The maximum absolute atomic E-state index is 12.4. The van der Waals surface area contributed by atoms with Gasteiger partial charge in [-0.05, 0) is 37.7 Å². The summed E-state index contributed by atoms with van der Waals surface area (Å²) in [7, 11) is 0. The highest BCUT2D eigenvalue weighted by atomic mass is 32.2. The van der Waals surface area contributed by atoms with Crippen LogP contribution in [0.5, 0.6) is 5.88 Å². The highest BCUT2D eigenvalue weighted by molar-refractivity contribution is 7.98. The molecule has 0 aromatic carbocycles. The maximum Gasteiger partial charge on any atom is 0.252 e. The van der Waals surface area contributed by atoms with Crippen molar-refractivity contribution in [2.75, 3.05) is 19.3 Å². The van der Waals surface area contributed by atoms with Crippen molar-refractivity contribution in [2.45, 2.75) is 32.5 Å². The minimum Gasteiger partial charge on any atom is -0.858 e. The molecule has 19 heavy (non-hydrogen) atoms. The molecule has 0 fully saturated rings. The van der Waals surface area contributed by atoms with E-state index in [0.717, 1.165) is 18.8 Å². The molecule has 0 atom stereocenters. The lowest BCUT2D eigenvalue weighted by Gasteiger charge is -2.23. The summed E-state index contributed by atoms with van der Waals surface area (Å²) in [6.07, 6.45) is 1.88. The molecule has 6 nitrogen and oxygen atoms in total. The topological polar surface area (TPSA) is 69.4 Å². The van der Waals surface area contributed by atoms with Crippen LogP contribution < -0.4 is 5.11 Å². The van der Waals surface area contributed by atoms with Gasteiger partial charge in [0, 0.05) is 12.2 Å². The van der Waals surface area contributed by atoms with E-state index >= 15 is 0 Å². The van der Waals surface area contributed by atoms with Crippen molar-refractivity contribution in [3.8, 4) is 5.88 Å². The highest BCUT2D eigenvalue weighted by Crippen LogP contribution is 2.21. The van der Waals surface area contributed by atoms with Crippen LogP contribution >= 0.6 is 11.8 Å². The van der Waals surface area contributed by atoms with Gasteiger partial charge in [0.2, 0.25) is 5.16 Å². The summed E-state index contributed by atoms with van der Waals surface area (Å²) in [6.45, 7) is 8.43. The fraction of sp³-hybridized carbons (Fsp3) is 0.583. The van der Waals surface area contributed by atoms with Gasteiger partial charge in [-0.25, -0.2) is 9.50 Å². The maximum atomic E-state index is 12.4. The van der Waals surface area contributed by atoms with E-state index in [1.54, 1.807) is 0 Å². The number of aryl methyl sites for hydroxylation is 1. The van der Waals surface area contributed by atoms with Gasteiger partial charge in [-0.3, -0.25) is 4.90 Å². The van der Waals surface area contributed by atoms with Crippen LogP contribution in [0.25, 0.3) is 5.78 Å². The summed E-state index contributed by atoms with van der Waals surface area (Å²) in [4.78, 5) is 10.8. The Morgan fingerprint density at radius 2 is 1.95 bits per heavy atom. The summed E-state index contributed by atoms with van der Waals surface area (Å²) in [5, 5.41) is 17.2. The standard InChI is InChI=1S/C12H19N5OS/c1-5-16(6-2)7-9-8(3)13-11-14-12(19-4)15-17(11)10(9)18/h18H,5-7H2,1-4H3/p-1. The number of hydrogen-bond acceptors (Lipinski definition) is 6. The number of fused-ring (bicyclic) bond motifs is 1. The first kappa shape index (κ1) is 14.1. The summed E-state index contributed by atoms with van der Waals surface area (Å²) in [5.41, 5.74) is 1.44. The Balaban J connectivity index is 2.48. The number of thioether (sulfide) groups is 1. The van der Waals surface area contributed by atoms with Gasteiger partial charge >= 0.3 is 0 Å². The SMILES string of the molecule is CCN(CC)Cc1c(C)nc2nc(SC)nn2c1[O-]. The minimum absolute atomic E-state index is 0.109. The minimum atomic E-state index is -0.109. The van der Waals surface area contributed by atoms with E-state index < -0.39 is 0 Å². The third-order valence-corrected chi connectivity index (χ3v) is 3.72. The van der Waals surface area contributed by atoms with Gasteiger partial charge in [-0.1, -0.05) is 25.6 Å². The summed E-state index contributed by atoms with van der Waals surface area (Å²) in [6, 6.07) is 0. The lowest BCUT2D eigenvalue weighted by molar-refractivity contribution is -0.279. The Labute approximate surface area is 116 Å². The number of nitrogens with zero attached hydrogens (tertiary/aromatic N) is 5. The molecule has 0 saturated heterocycles. The third-order valence-electron chi connectivity index (χ3n) is 3.18. The van der Waals surface area contributed by atoms with Crippen LogP contribution in [0.4, 0.5) is 0 Å². The molecule has 0 bridgehead atoms. The van der Waals surface area contributed by atoms with Crippen molar-refractivity contribution in [1.82, 2.24) is 24.5 Å². The molecule has 2 heterocycles. The molecule has 2 aromatic heterocycles. The molecular formula is C12H18N5OS-. The molecular weight excluding hydrogens is 262 g/mol. The second-order valence-electron chi connectivity index (χ2n) is 4.25. The van der Waals surface area contributed by atoms with Crippen LogP contribution in [0, 0.1) is 6.92 Å². The molecule has 0 aliphatic heterocycles. The van der Waals surface area contributed by atoms with E-state index in [9.17, 15) is 5.11 Å². The monoisotopic (exact) mass is 280 g/mol. The number of aromatic nitrogens is 4. The van der Waals surface area contributed by atoms with Gasteiger partial charge in [0.15, 0.2) is 0 Å². The Bertz CT molecular complexity index is 579. The van der Waals surface area contributed by atoms with Crippen molar-refractivity contribution in [1.29, 1.82) is 0 Å². The van der Waals surface area contributed by atoms with Crippen molar-refractivity contribution >= 4 is 17.5 Å². The van der Waals surface area contributed by atoms with Gasteiger partial charge in [-0.15, -0.1) is 5.10 Å². The van der Waals surface area contributed by atoms with Crippen LogP contribution in [0.2, 0.25) is 0 Å². The molecule has 0 unspecified atom stereocenters. The average Bonchev–Trinajstić information content (AvgIpc) is 2.82. The first-order valence-electron chi connectivity index (χ1n) is 6.30. The smallest absolute Gasteiger partial charge is 0.252 e. The lowest BCUT2D eigenvalue weighted by Crippen LogP contribution is -2.24. The summed E-state index contributed by atoms with van der Waals surface area (Å²) < 4.78 is 1.30. The van der Waals surface area contributed by atoms with Crippen LogP contribution in [-0.4, -0.2) is 43.8 Å². The average molecular weight is 280 g/mol. The van der Waals surface area contributed by atoms with Gasteiger partial charge in [0.25, 0.3) is 5.78 Å². The zero-order valence-electron chi connectivity index (χ0n) is 11.7. The van der Waals surface area contributed by atoms with E-state index in [4.69, 9.17) is 0 Å². The zero-order chi connectivity index (χ0) is 14.0. The molecule has 104 valence electrons. The van der Waals surface area contributed by atoms with E-state index in [-0.39, 0.29) is 5.88 Å². The molecule has 0 saturated carbocycles. The van der Waals surface area contributed by atoms with Crippen molar-refractivity contribution < 1.29 is 5.11 Å². The van der Waals surface area contributed by atoms with E-state index in [1.807, 2.05) is 13.2 Å². The normalized spacial score (nSPS) is 11.6. The van der Waals surface area contributed by atoms with Gasteiger partial charge in [-0.2, -0.15) is 4.98 Å². The van der Waals surface area contributed by atoms with Crippen LogP contribution in [0.15, 0.2) is 5.16 Å². The molecule has 0 aliphatic rings. The van der Waals surface area contributed by atoms with E-state index in [0.29, 0.717) is 23.0 Å². The first-order valence-corrected chi connectivity index (χ1v) is 7.52. The van der Waals surface area contributed by atoms with Gasteiger partial charge in [0.05, 0.1) is 0 Å². The van der Waals surface area contributed by atoms with Gasteiger partial charge in [0.1, 0.15) is 0 Å². The lowest BCUT2D eigenvalue weighted by atomic mass is 10.2. The van der Waals surface area contributed by atoms with Crippen molar-refractivity contribution in [2.24, 2.45) is 0 Å². The second kappa shape index (κ2) is 5.75. The summed E-state index contributed by atoms with van der Waals surface area (Å²) in [5.74, 6) is 0.275. The Hall–Kier alpha value is -1.34. The highest BCUT2D eigenvalue weighted by Gasteiger charge is 2.12. The fourth-order valence-electron chi connectivity index (χ4n) is 1.93. The Morgan fingerprint density at radius 3 is 2.53 bits per heavy atom. The Morgan fingerprint density at radius 1 is 1.26 bits per heavy atom. The second-order valence-corrected chi connectivity index (χ2v) is 5.03. The van der Waals surface area contributed by atoms with Crippen molar-refractivity contribution in [3.05, 3.63) is 11.3 Å². The van der Waals surface area contributed by atoms with Crippen molar-refractivity contribution in [3.63, 3.8) is 0 Å².